The number of nitrogens with one attached hydrogen (secondary N) is 3. The summed E-state index contributed by atoms with van der Waals surface area (Å²) in [4.78, 5) is 18.8. The van der Waals surface area contributed by atoms with E-state index in [4.69, 9.17) is 4.74 Å². The number of halogens is 1. The maximum absolute atomic E-state index is 11.7. The molecule has 28 heavy (non-hydrogen) atoms. The minimum Gasteiger partial charge on any atom is -0.379 e. The molecule has 0 radical (unpaired) electrons. The van der Waals surface area contributed by atoms with Crippen molar-refractivity contribution in [1.82, 2.24) is 15.5 Å². The topological polar surface area (TPSA) is 78.0 Å². The molecule has 1 saturated heterocycles. The molecule has 3 N–H and O–H groups in total. The highest BCUT2D eigenvalue weighted by molar-refractivity contribution is 14.0. The number of rotatable bonds is 8. The Morgan fingerprint density at radius 3 is 2.46 bits per heavy atom. The van der Waals surface area contributed by atoms with Crippen LogP contribution in [0.5, 0.6) is 0 Å². The van der Waals surface area contributed by atoms with E-state index in [0.29, 0.717) is 6.54 Å². The number of guanidine groups is 1. The molecular formula is C20H34IN5O2. The van der Waals surface area contributed by atoms with Crippen molar-refractivity contribution >= 4 is 41.5 Å². The van der Waals surface area contributed by atoms with Gasteiger partial charge in [0.1, 0.15) is 0 Å². The van der Waals surface area contributed by atoms with Crippen molar-refractivity contribution in [2.45, 2.75) is 27.3 Å². The molecule has 2 rings (SSSR count). The average molecular weight is 503 g/mol. The molecule has 1 aromatic carbocycles. The number of carbonyl (C=O) groups excluding carboxylic acids is 1. The summed E-state index contributed by atoms with van der Waals surface area (Å²) in [6, 6.07) is 7.83. The van der Waals surface area contributed by atoms with E-state index in [-0.39, 0.29) is 35.8 Å². The zero-order valence-corrected chi connectivity index (χ0v) is 19.5. The molecule has 0 atom stereocenters. The van der Waals surface area contributed by atoms with Gasteiger partial charge in [-0.3, -0.25) is 9.69 Å². The number of benzene rings is 1. The van der Waals surface area contributed by atoms with Crippen LogP contribution < -0.4 is 16.0 Å². The summed E-state index contributed by atoms with van der Waals surface area (Å²) >= 11 is 0. The Hall–Kier alpha value is -1.39. The summed E-state index contributed by atoms with van der Waals surface area (Å²) in [6.45, 7) is 12.7. The lowest BCUT2D eigenvalue weighted by Gasteiger charge is -2.26. The maximum Gasteiger partial charge on any atom is 0.226 e. The van der Waals surface area contributed by atoms with Crippen LogP contribution >= 0.6 is 24.0 Å². The van der Waals surface area contributed by atoms with Gasteiger partial charge >= 0.3 is 0 Å². The van der Waals surface area contributed by atoms with Crippen LogP contribution in [0, 0.1) is 5.92 Å². The fourth-order valence-corrected chi connectivity index (χ4v) is 2.65. The average Bonchev–Trinajstić information content (AvgIpc) is 2.68. The number of hydrogen-bond acceptors (Lipinski definition) is 4. The van der Waals surface area contributed by atoms with Crippen LogP contribution in [0.25, 0.3) is 0 Å². The predicted octanol–water partition coefficient (Wildman–Crippen LogP) is 2.29. The highest BCUT2D eigenvalue weighted by Crippen LogP contribution is 2.11. The Morgan fingerprint density at radius 1 is 1.18 bits per heavy atom. The molecule has 1 aromatic rings. The smallest absolute Gasteiger partial charge is 0.226 e. The molecule has 0 spiro atoms. The fraction of sp³-hybridized carbons (Fsp3) is 0.600. The zero-order valence-electron chi connectivity index (χ0n) is 17.2. The van der Waals surface area contributed by atoms with Gasteiger partial charge in [0.05, 0.1) is 19.8 Å². The summed E-state index contributed by atoms with van der Waals surface area (Å²) < 4.78 is 5.37. The van der Waals surface area contributed by atoms with Crippen LogP contribution in [0.4, 0.5) is 5.69 Å². The van der Waals surface area contributed by atoms with E-state index in [1.807, 2.05) is 38.1 Å². The normalized spacial score (nSPS) is 15.1. The van der Waals surface area contributed by atoms with E-state index < -0.39 is 0 Å². The van der Waals surface area contributed by atoms with Gasteiger partial charge in [0.15, 0.2) is 5.96 Å². The van der Waals surface area contributed by atoms with Crippen molar-refractivity contribution in [1.29, 1.82) is 0 Å². The highest BCUT2D eigenvalue weighted by Gasteiger charge is 2.10. The van der Waals surface area contributed by atoms with Gasteiger partial charge in [-0.25, -0.2) is 4.99 Å². The van der Waals surface area contributed by atoms with Crippen LogP contribution in [0.3, 0.4) is 0 Å². The monoisotopic (exact) mass is 503 g/mol. The second-order valence-electron chi connectivity index (χ2n) is 6.92. The van der Waals surface area contributed by atoms with E-state index in [2.05, 4.69) is 32.8 Å². The van der Waals surface area contributed by atoms with Gasteiger partial charge in [0.25, 0.3) is 0 Å². The molecule has 0 saturated carbocycles. The van der Waals surface area contributed by atoms with Crippen molar-refractivity contribution in [2.24, 2.45) is 10.9 Å². The van der Waals surface area contributed by atoms with Gasteiger partial charge in [-0.2, -0.15) is 0 Å². The molecule has 1 heterocycles. The summed E-state index contributed by atoms with van der Waals surface area (Å²) in [6.07, 6.45) is 0. The third-order valence-corrected chi connectivity index (χ3v) is 4.33. The van der Waals surface area contributed by atoms with Crippen LogP contribution in [-0.2, 0) is 16.1 Å². The van der Waals surface area contributed by atoms with E-state index in [0.717, 1.165) is 63.1 Å². The van der Waals surface area contributed by atoms with Crippen LogP contribution in [0.2, 0.25) is 0 Å². The zero-order chi connectivity index (χ0) is 19.5. The number of amides is 1. The molecule has 8 heteroatoms. The van der Waals surface area contributed by atoms with Crippen molar-refractivity contribution in [3.63, 3.8) is 0 Å². The lowest BCUT2D eigenvalue weighted by molar-refractivity contribution is -0.118. The fourth-order valence-electron chi connectivity index (χ4n) is 2.65. The molecule has 158 valence electrons. The summed E-state index contributed by atoms with van der Waals surface area (Å²) in [5, 5.41) is 9.57. The third kappa shape index (κ3) is 9.20. The molecule has 0 bridgehead atoms. The Morgan fingerprint density at radius 2 is 1.86 bits per heavy atom. The number of ether oxygens (including phenoxy) is 1. The van der Waals surface area contributed by atoms with E-state index in [9.17, 15) is 4.79 Å². The minimum absolute atomic E-state index is 0. The van der Waals surface area contributed by atoms with Crippen molar-refractivity contribution < 1.29 is 9.53 Å². The predicted molar refractivity (Wildman–Crippen MR) is 125 cm³/mol. The van der Waals surface area contributed by atoms with Crippen LogP contribution in [-0.4, -0.2) is 62.7 Å². The van der Waals surface area contributed by atoms with E-state index in [1.165, 1.54) is 0 Å². The molecule has 1 aliphatic rings. The summed E-state index contributed by atoms with van der Waals surface area (Å²) in [5.74, 6) is 0.822. The number of carbonyl (C=O) groups is 1. The summed E-state index contributed by atoms with van der Waals surface area (Å²) in [5.41, 5.74) is 1.92. The van der Waals surface area contributed by atoms with Gasteiger partial charge < -0.3 is 20.7 Å². The third-order valence-electron chi connectivity index (χ3n) is 4.33. The Labute approximate surface area is 185 Å². The Balaban J connectivity index is 0.00000392. The van der Waals surface area contributed by atoms with Gasteiger partial charge in [-0.05, 0) is 24.6 Å². The molecular weight excluding hydrogens is 469 g/mol. The first-order valence-corrected chi connectivity index (χ1v) is 9.80. The first kappa shape index (κ1) is 24.6. The van der Waals surface area contributed by atoms with E-state index in [1.54, 1.807) is 0 Å². The van der Waals surface area contributed by atoms with E-state index >= 15 is 0 Å². The molecule has 7 nitrogen and oxygen atoms in total. The van der Waals surface area contributed by atoms with Crippen molar-refractivity contribution in [3.05, 3.63) is 29.8 Å². The molecule has 1 aliphatic heterocycles. The van der Waals surface area contributed by atoms with Crippen molar-refractivity contribution in [2.75, 3.05) is 51.3 Å². The highest BCUT2D eigenvalue weighted by atomic mass is 127. The summed E-state index contributed by atoms with van der Waals surface area (Å²) in [7, 11) is 0. The van der Waals surface area contributed by atoms with Gasteiger partial charge in [-0.15, -0.1) is 24.0 Å². The largest absolute Gasteiger partial charge is 0.379 e. The number of aliphatic imine (C=N–C) groups is 1. The lowest BCUT2D eigenvalue weighted by atomic mass is 10.2. The van der Waals surface area contributed by atoms with Gasteiger partial charge in [0.2, 0.25) is 5.91 Å². The molecule has 0 aliphatic carbocycles. The SMILES string of the molecule is CCNC(=NCc1ccc(NC(=O)C(C)C)cc1)NCCN1CCOCC1.I. The standard InChI is InChI=1S/C20H33N5O2.HI/c1-4-21-20(22-9-10-25-11-13-27-14-12-25)23-15-17-5-7-18(8-6-17)24-19(26)16(2)3;/h5-8,16H,4,9-15H2,1-3H3,(H,24,26)(H2,21,22,23);1H. The maximum atomic E-state index is 11.7. The Kier molecular flexibility index (Phi) is 12.1. The molecule has 0 unspecified atom stereocenters. The van der Waals surface area contributed by atoms with Gasteiger partial charge in [0, 0.05) is 44.3 Å². The van der Waals surface area contributed by atoms with Gasteiger partial charge in [-0.1, -0.05) is 26.0 Å². The Bertz CT molecular complexity index is 601. The second kappa shape index (κ2) is 13.7. The number of nitrogens with zero attached hydrogens (tertiary/aromatic N) is 2. The number of hydrogen-bond donors (Lipinski definition) is 3. The lowest BCUT2D eigenvalue weighted by Crippen LogP contribution is -2.44. The first-order valence-electron chi connectivity index (χ1n) is 9.80. The molecule has 0 aromatic heterocycles. The number of anilines is 1. The molecule has 1 fully saturated rings. The first-order chi connectivity index (χ1) is 13.1. The minimum atomic E-state index is -0.0273. The molecule has 1 amide bonds. The van der Waals surface area contributed by atoms with Crippen LogP contribution in [0.1, 0.15) is 26.3 Å². The quantitative estimate of drug-likeness (QED) is 0.288. The second-order valence-corrected chi connectivity index (χ2v) is 6.92. The van der Waals surface area contributed by atoms with Crippen molar-refractivity contribution in [3.8, 4) is 0 Å². The number of morpholine rings is 1. The van der Waals surface area contributed by atoms with Crippen LogP contribution in [0.15, 0.2) is 29.3 Å².